The maximum Gasteiger partial charge on any atom is 0.178 e. The third kappa shape index (κ3) is 5.55. The molecule has 0 heterocycles. The number of ketones is 2. The van der Waals surface area contributed by atoms with Crippen molar-refractivity contribution in [2.24, 2.45) is 0 Å². The molecule has 0 saturated heterocycles. The summed E-state index contributed by atoms with van der Waals surface area (Å²) >= 11 is 0. The van der Waals surface area contributed by atoms with Crippen molar-refractivity contribution in [3.05, 3.63) is 24.3 Å². The zero-order valence-electron chi connectivity index (χ0n) is 6.53. The van der Waals surface area contributed by atoms with Crippen molar-refractivity contribution in [1.82, 2.24) is 0 Å². The van der Waals surface area contributed by atoms with E-state index >= 15 is 0 Å². The van der Waals surface area contributed by atoms with Gasteiger partial charge in [-0.15, -0.1) is 12.4 Å². The molecule has 3 heteroatoms. The summed E-state index contributed by atoms with van der Waals surface area (Å²) in [6.45, 7) is 4.00. The summed E-state index contributed by atoms with van der Waals surface area (Å²) in [6, 6.07) is 0. The molecule has 0 unspecified atom stereocenters. The zero-order chi connectivity index (χ0) is 7.98. The Morgan fingerprint density at radius 1 is 0.818 bits per heavy atom. The van der Waals surface area contributed by atoms with Crippen molar-refractivity contribution in [2.75, 3.05) is 0 Å². The first-order chi connectivity index (χ1) is 4.79. The largest absolute Gasteiger partial charge is 0.290 e. The molecule has 62 valence electrons. The lowest BCUT2D eigenvalue weighted by Crippen LogP contribution is -1.97. The predicted octanol–water partition coefficient (Wildman–Crippen LogP) is 1.70. The van der Waals surface area contributed by atoms with Crippen molar-refractivity contribution >= 4 is 24.0 Å². The smallest absolute Gasteiger partial charge is 0.178 e. The highest BCUT2D eigenvalue weighted by Gasteiger charge is 1.97. The molecule has 0 saturated carbocycles. The highest BCUT2D eigenvalue weighted by Crippen LogP contribution is 1.90. The number of hydrogen-bond donors (Lipinski definition) is 0. The van der Waals surface area contributed by atoms with Crippen LogP contribution in [0.2, 0.25) is 0 Å². The van der Waals surface area contributed by atoms with Crippen LogP contribution < -0.4 is 0 Å². The highest BCUT2D eigenvalue weighted by atomic mass is 35.5. The number of allylic oxidation sites excluding steroid dienone is 4. The van der Waals surface area contributed by atoms with Crippen LogP contribution in [0.1, 0.15) is 13.8 Å². The number of hydrogen-bond acceptors (Lipinski definition) is 2. The van der Waals surface area contributed by atoms with Gasteiger partial charge in [0.25, 0.3) is 0 Å². The SMILES string of the molecule is CC.Cl.O=C1C=CC(=O)C=C1. The fraction of sp³-hybridized carbons (Fsp3) is 0.250. The monoisotopic (exact) mass is 174 g/mol. The fourth-order valence-electron chi connectivity index (χ4n) is 0.440. The molecule has 0 aromatic carbocycles. The predicted molar refractivity (Wildman–Crippen MR) is 46.9 cm³/mol. The van der Waals surface area contributed by atoms with Crippen LogP contribution in [0.4, 0.5) is 0 Å². The Bertz CT molecular complexity index is 154. The standard InChI is InChI=1S/C6H4O2.C2H6.ClH/c7-5-1-2-6(8)4-3-5;1-2;/h1-4H;1-2H3;1H. The summed E-state index contributed by atoms with van der Waals surface area (Å²) in [5, 5.41) is 0. The first-order valence-electron chi connectivity index (χ1n) is 3.23. The second-order valence-corrected chi connectivity index (χ2v) is 1.47. The minimum absolute atomic E-state index is 0. The average molecular weight is 175 g/mol. The Morgan fingerprint density at radius 2 is 1.00 bits per heavy atom. The maximum atomic E-state index is 10.3. The Labute approximate surface area is 72.4 Å². The Hall–Kier alpha value is -0.890. The molecule has 0 aromatic heterocycles. The molecular formula is C8H11ClO2. The molecule has 11 heavy (non-hydrogen) atoms. The van der Waals surface area contributed by atoms with E-state index in [0.29, 0.717) is 0 Å². The van der Waals surface area contributed by atoms with Gasteiger partial charge in [-0.05, 0) is 24.3 Å². The molecule has 0 amide bonds. The summed E-state index contributed by atoms with van der Waals surface area (Å²) in [7, 11) is 0. The molecule has 0 N–H and O–H groups in total. The van der Waals surface area contributed by atoms with Gasteiger partial charge in [-0.1, -0.05) is 13.8 Å². The lowest BCUT2D eigenvalue weighted by molar-refractivity contribution is -0.113. The number of rotatable bonds is 0. The topological polar surface area (TPSA) is 34.1 Å². The molecule has 1 rings (SSSR count). The highest BCUT2D eigenvalue weighted by molar-refractivity contribution is 6.14. The first kappa shape index (κ1) is 12.8. The van der Waals surface area contributed by atoms with E-state index in [9.17, 15) is 9.59 Å². The molecule has 1 aliphatic rings. The summed E-state index contributed by atoms with van der Waals surface area (Å²) in [5.41, 5.74) is 0. The summed E-state index contributed by atoms with van der Waals surface area (Å²) in [4.78, 5) is 20.6. The van der Waals surface area contributed by atoms with E-state index in [4.69, 9.17) is 0 Å². The summed E-state index contributed by atoms with van der Waals surface area (Å²) in [5.74, 6) is -0.241. The van der Waals surface area contributed by atoms with Crippen LogP contribution in [0.5, 0.6) is 0 Å². The van der Waals surface area contributed by atoms with Crippen LogP contribution in [0, 0.1) is 0 Å². The summed E-state index contributed by atoms with van der Waals surface area (Å²) < 4.78 is 0. The summed E-state index contributed by atoms with van der Waals surface area (Å²) in [6.07, 6.45) is 5.01. The maximum absolute atomic E-state index is 10.3. The van der Waals surface area contributed by atoms with Gasteiger partial charge in [0.05, 0.1) is 0 Å². The fourth-order valence-corrected chi connectivity index (χ4v) is 0.440. The lowest BCUT2D eigenvalue weighted by atomic mass is 10.2. The van der Waals surface area contributed by atoms with Crippen molar-refractivity contribution in [3.8, 4) is 0 Å². The van der Waals surface area contributed by atoms with Gasteiger partial charge in [0, 0.05) is 0 Å². The van der Waals surface area contributed by atoms with Crippen LogP contribution in [-0.4, -0.2) is 11.6 Å². The minimum Gasteiger partial charge on any atom is -0.290 e. The minimum atomic E-state index is -0.121. The lowest BCUT2D eigenvalue weighted by Gasteiger charge is -1.87. The molecule has 0 aliphatic heterocycles. The molecule has 0 radical (unpaired) electrons. The van der Waals surface area contributed by atoms with Gasteiger partial charge < -0.3 is 0 Å². The quantitative estimate of drug-likeness (QED) is 0.524. The van der Waals surface area contributed by atoms with Crippen molar-refractivity contribution in [3.63, 3.8) is 0 Å². The molecule has 1 aliphatic carbocycles. The van der Waals surface area contributed by atoms with E-state index in [-0.39, 0.29) is 24.0 Å². The zero-order valence-corrected chi connectivity index (χ0v) is 7.35. The van der Waals surface area contributed by atoms with Crippen LogP contribution in [-0.2, 0) is 9.59 Å². The van der Waals surface area contributed by atoms with E-state index in [1.807, 2.05) is 13.8 Å². The van der Waals surface area contributed by atoms with E-state index in [1.165, 1.54) is 24.3 Å². The van der Waals surface area contributed by atoms with Crippen LogP contribution in [0.3, 0.4) is 0 Å². The van der Waals surface area contributed by atoms with Crippen LogP contribution in [0.15, 0.2) is 24.3 Å². The molecule has 0 spiro atoms. The van der Waals surface area contributed by atoms with Gasteiger partial charge in [0.15, 0.2) is 11.6 Å². The van der Waals surface area contributed by atoms with Crippen molar-refractivity contribution in [2.45, 2.75) is 13.8 Å². The molecule has 2 nitrogen and oxygen atoms in total. The third-order valence-electron chi connectivity index (χ3n) is 0.824. The van der Waals surface area contributed by atoms with Crippen molar-refractivity contribution in [1.29, 1.82) is 0 Å². The van der Waals surface area contributed by atoms with Gasteiger partial charge in [0.2, 0.25) is 0 Å². The van der Waals surface area contributed by atoms with Gasteiger partial charge in [-0.3, -0.25) is 9.59 Å². The van der Waals surface area contributed by atoms with Gasteiger partial charge in [-0.2, -0.15) is 0 Å². The Kier molecular flexibility index (Phi) is 8.37. The molecule has 0 atom stereocenters. The number of carbonyl (C=O) groups excluding carboxylic acids is 2. The normalized spacial score (nSPS) is 13.3. The Balaban J connectivity index is 0. The van der Waals surface area contributed by atoms with Crippen LogP contribution >= 0.6 is 12.4 Å². The van der Waals surface area contributed by atoms with E-state index in [2.05, 4.69) is 0 Å². The van der Waals surface area contributed by atoms with Gasteiger partial charge in [0.1, 0.15) is 0 Å². The average Bonchev–Trinajstić information content (AvgIpc) is 2.00. The van der Waals surface area contributed by atoms with Gasteiger partial charge in [-0.25, -0.2) is 0 Å². The Morgan fingerprint density at radius 3 is 1.18 bits per heavy atom. The van der Waals surface area contributed by atoms with E-state index < -0.39 is 0 Å². The van der Waals surface area contributed by atoms with E-state index in [0.717, 1.165) is 0 Å². The molecule has 0 bridgehead atoms. The number of carbonyl (C=O) groups is 2. The van der Waals surface area contributed by atoms with Crippen molar-refractivity contribution < 1.29 is 9.59 Å². The molecule has 0 fully saturated rings. The number of halogens is 1. The second kappa shape index (κ2) is 7.22. The van der Waals surface area contributed by atoms with Crippen LogP contribution in [0.25, 0.3) is 0 Å². The third-order valence-corrected chi connectivity index (χ3v) is 0.824. The van der Waals surface area contributed by atoms with E-state index in [1.54, 1.807) is 0 Å². The molecular weight excluding hydrogens is 164 g/mol. The van der Waals surface area contributed by atoms with Gasteiger partial charge >= 0.3 is 0 Å². The second-order valence-electron chi connectivity index (χ2n) is 1.47. The molecule has 0 aromatic rings. The first-order valence-corrected chi connectivity index (χ1v) is 3.23.